The molecule has 0 atom stereocenters. The summed E-state index contributed by atoms with van der Waals surface area (Å²) >= 11 is 0. The van der Waals surface area contributed by atoms with Gasteiger partial charge in [-0.25, -0.2) is 4.98 Å². The van der Waals surface area contributed by atoms with E-state index in [1.165, 1.54) is 0 Å². The number of amides is 1. The van der Waals surface area contributed by atoms with Crippen molar-refractivity contribution in [3.05, 3.63) is 17.1 Å². The lowest BCUT2D eigenvalue weighted by Crippen LogP contribution is -2.38. The first-order chi connectivity index (χ1) is 12.3. The van der Waals surface area contributed by atoms with Crippen molar-refractivity contribution in [1.29, 1.82) is 0 Å². The molecule has 0 saturated carbocycles. The monoisotopic (exact) mass is 359 g/mol. The van der Waals surface area contributed by atoms with Crippen LogP contribution >= 0.6 is 0 Å². The summed E-state index contributed by atoms with van der Waals surface area (Å²) in [5.41, 5.74) is 7.52. The van der Waals surface area contributed by atoms with E-state index in [1.807, 2.05) is 42.9 Å². The Morgan fingerprint density at radius 2 is 1.96 bits per heavy atom. The average Bonchev–Trinajstić information content (AvgIpc) is 3.03. The molecular weight excluding hydrogens is 334 g/mol. The smallest absolute Gasteiger partial charge is 0.239 e. The maximum atomic E-state index is 12.6. The molecule has 0 unspecified atom stereocenters. The second kappa shape index (κ2) is 7.14. The lowest BCUT2D eigenvalue weighted by atomic mass is 10.0. The van der Waals surface area contributed by atoms with Gasteiger partial charge in [0.2, 0.25) is 17.8 Å². The van der Waals surface area contributed by atoms with Gasteiger partial charge in [0, 0.05) is 53.1 Å². The van der Waals surface area contributed by atoms with E-state index in [-0.39, 0.29) is 11.9 Å². The van der Waals surface area contributed by atoms with Crippen LogP contribution in [0.15, 0.2) is 0 Å². The molecule has 10 nitrogen and oxygen atoms in total. The Labute approximate surface area is 152 Å². The van der Waals surface area contributed by atoms with Gasteiger partial charge in [0.25, 0.3) is 0 Å². The van der Waals surface area contributed by atoms with Gasteiger partial charge in [-0.1, -0.05) is 0 Å². The maximum absolute atomic E-state index is 12.6. The molecule has 0 aromatic carbocycles. The summed E-state index contributed by atoms with van der Waals surface area (Å²) < 4.78 is 0. The van der Waals surface area contributed by atoms with Gasteiger partial charge in [0.1, 0.15) is 11.6 Å². The Kier molecular flexibility index (Phi) is 4.92. The number of H-pyrrole nitrogens is 1. The number of rotatable bonds is 5. The molecule has 0 saturated heterocycles. The Hall–Kier alpha value is -2.91. The maximum Gasteiger partial charge on any atom is 0.239 e. The average molecular weight is 359 g/mol. The summed E-state index contributed by atoms with van der Waals surface area (Å²) in [5.74, 6) is 2.47. The van der Waals surface area contributed by atoms with Crippen LogP contribution in [-0.2, 0) is 24.2 Å². The van der Waals surface area contributed by atoms with Crippen molar-refractivity contribution in [2.45, 2.75) is 25.8 Å². The lowest BCUT2D eigenvalue weighted by Gasteiger charge is -2.31. The summed E-state index contributed by atoms with van der Waals surface area (Å²) in [4.78, 5) is 31.6. The Morgan fingerprint density at radius 3 is 2.58 bits per heavy atom. The van der Waals surface area contributed by atoms with Gasteiger partial charge in [-0.15, -0.1) is 5.10 Å². The normalized spacial score (nSPS) is 13.5. The molecule has 3 rings (SSSR count). The third-order valence-corrected chi connectivity index (χ3v) is 4.33. The number of carbonyl (C=O) groups is 1. The van der Waals surface area contributed by atoms with Gasteiger partial charge in [-0.2, -0.15) is 9.97 Å². The predicted octanol–water partition coefficient (Wildman–Crippen LogP) is -0.174. The molecule has 0 spiro atoms. The summed E-state index contributed by atoms with van der Waals surface area (Å²) in [6.45, 7) is 1.16. The largest absolute Gasteiger partial charge is 0.367 e. The molecule has 140 valence electrons. The number of fused-ring (bicyclic) bond motifs is 1. The second-order valence-electron chi connectivity index (χ2n) is 6.77. The van der Waals surface area contributed by atoms with Crippen molar-refractivity contribution in [1.82, 2.24) is 30.0 Å². The van der Waals surface area contributed by atoms with Gasteiger partial charge >= 0.3 is 0 Å². The zero-order valence-electron chi connectivity index (χ0n) is 15.7. The minimum atomic E-state index is 0.0713. The number of carbonyl (C=O) groups excluding carboxylic acids is 1. The highest BCUT2D eigenvalue weighted by atomic mass is 16.2. The van der Waals surface area contributed by atoms with Gasteiger partial charge < -0.3 is 20.4 Å². The number of nitrogens with one attached hydrogen (secondary N) is 1. The number of anilines is 3. The molecule has 2 aromatic rings. The van der Waals surface area contributed by atoms with Crippen LogP contribution in [0.2, 0.25) is 0 Å². The van der Waals surface area contributed by atoms with Crippen LogP contribution in [0.5, 0.6) is 0 Å². The number of nitrogen functional groups attached to an aromatic ring is 1. The zero-order chi connectivity index (χ0) is 18.8. The molecule has 1 amide bonds. The molecule has 0 aliphatic carbocycles. The van der Waals surface area contributed by atoms with Crippen molar-refractivity contribution in [3.63, 3.8) is 0 Å². The van der Waals surface area contributed by atoms with E-state index < -0.39 is 0 Å². The molecule has 0 radical (unpaired) electrons. The Bertz CT molecular complexity index is 799. The van der Waals surface area contributed by atoms with Crippen molar-refractivity contribution >= 4 is 23.6 Å². The Morgan fingerprint density at radius 1 is 1.19 bits per heavy atom. The first-order valence-corrected chi connectivity index (χ1v) is 8.54. The number of nitrogens with two attached hydrogens (primary N) is 1. The minimum Gasteiger partial charge on any atom is -0.367 e. The van der Waals surface area contributed by atoms with Crippen LogP contribution in [0.25, 0.3) is 0 Å². The van der Waals surface area contributed by atoms with Crippen LogP contribution in [0.1, 0.15) is 23.5 Å². The summed E-state index contributed by atoms with van der Waals surface area (Å²) in [6.07, 6.45) is 1.59. The number of nitrogens with zero attached hydrogens (tertiary/aromatic N) is 7. The van der Waals surface area contributed by atoms with Crippen LogP contribution in [-0.4, -0.2) is 70.7 Å². The molecule has 0 bridgehead atoms. The van der Waals surface area contributed by atoms with Gasteiger partial charge in [0.15, 0.2) is 0 Å². The van der Waals surface area contributed by atoms with E-state index in [4.69, 9.17) is 5.73 Å². The van der Waals surface area contributed by atoms with E-state index in [0.29, 0.717) is 37.7 Å². The van der Waals surface area contributed by atoms with Crippen LogP contribution in [0.4, 0.5) is 17.7 Å². The third kappa shape index (κ3) is 3.68. The molecule has 10 heteroatoms. The zero-order valence-corrected chi connectivity index (χ0v) is 15.7. The molecule has 1 aliphatic heterocycles. The summed E-state index contributed by atoms with van der Waals surface area (Å²) in [7, 11) is 7.78. The van der Waals surface area contributed by atoms with Gasteiger partial charge in [0.05, 0.1) is 12.2 Å². The van der Waals surface area contributed by atoms with Crippen molar-refractivity contribution in [3.8, 4) is 0 Å². The standard InChI is InChI=1S/C16H25N9O/c1-23(2)14-10-7-8-25(9-11(10)18-16(20-14)24(3)4)13(26)6-5-12-19-15(17)22-21-12/h5-9H2,1-4H3,(H3,17,19,21,22). The molecule has 3 heterocycles. The van der Waals surface area contributed by atoms with Crippen LogP contribution < -0.4 is 15.5 Å². The Balaban J connectivity index is 1.74. The predicted molar refractivity (Wildman–Crippen MR) is 98.9 cm³/mol. The van der Waals surface area contributed by atoms with E-state index in [0.717, 1.165) is 23.5 Å². The molecule has 0 fully saturated rings. The topological polar surface area (TPSA) is 120 Å². The number of aromatic nitrogens is 5. The molecule has 2 aromatic heterocycles. The van der Waals surface area contributed by atoms with Crippen LogP contribution in [0.3, 0.4) is 0 Å². The van der Waals surface area contributed by atoms with Crippen molar-refractivity contribution in [2.75, 3.05) is 50.3 Å². The lowest BCUT2D eigenvalue weighted by molar-refractivity contribution is -0.132. The fourth-order valence-electron chi connectivity index (χ4n) is 2.99. The number of aryl methyl sites for hydroxylation is 1. The van der Waals surface area contributed by atoms with Gasteiger partial charge in [-0.05, 0) is 6.42 Å². The van der Waals surface area contributed by atoms with E-state index in [1.54, 1.807) is 0 Å². The SMILES string of the molecule is CN(C)c1nc2c(c(N(C)C)n1)CCN(C(=O)CCc1nc(N)n[nH]1)C2. The fraction of sp³-hybridized carbons (Fsp3) is 0.562. The van der Waals surface area contributed by atoms with E-state index in [9.17, 15) is 4.79 Å². The minimum absolute atomic E-state index is 0.0713. The number of hydrogen-bond acceptors (Lipinski definition) is 8. The first kappa shape index (κ1) is 17.9. The van der Waals surface area contributed by atoms with Crippen molar-refractivity contribution < 1.29 is 4.79 Å². The number of aromatic amines is 1. The van der Waals surface area contributed by atoms with E-state index in [2.05, 4.69) is 25.1 Å². The third-order valence-electron chi connectivity index (χ3n) is 4.33. The summed E-state index contributed by atoms with van der Waals surface area (Å²) in [6, 6.07) is 0. The number of hydrogen-bond donors (Lipinski definition) is 2. The van der Waals surface area contributed by atoms with E-state index >= 15 is 0 Å². The molecule has 3 N–H and O–H groups in total. The second-order valence-corrected chi connectivity index (χ2v) is 6.77. The van der Waals surface area contributed by atoms with Crippen LogP contribution in [0, 0.1) is 0 Å². The highest BCUT2D eigenvalue weighted by molar-refractivity contribution is 5.77. The highest BCUT2D eigenvalue weighted by Crippen LogP contribution is 2.27. The molecular formula is C16H25N9O. The first-order valence-electron chi connectivity index (χ1n) is 8.54. The highest BCUT2D eigenvalue weighted by Gasteiger charge is 2.26. The molecule has 26 heavy (non-hydrogen) atoms. The van der Waals surface area contributed by atoms with Gasteiger partial charge in [-0.3, -0.25) is 9.89 Å². The fourth-order valence-corrected chi connectivity index (χ4v) is 2.99. The quantitative estimate of drug-likeness (QED) is 0.755. The van der Waals surface area contributed by atoms with Crippen molar-refractivity contribution in [2.24, 2.45) is 0 Å². The molecule has 1 aliphatic rings. The summed E-state index contributed by atoms with van der Waals surface area (Å²) in [5, 5.41) is 6.51.